The van der Waals surface area contributed by atoms with Crippen LogP contribution in [-0.4, -0.2) is 80.1 Å². The maximum atomic E-state index is 13.5. The molecule has 0 bridgehead atoms. The summed E-state index contributed by atoms with van der Waals surface area (Å²) in [5.74, 6) is 1.19. The molecular formula is C21H31N3O2. The lowest BCUT2D eigenvalue weighted by atomic mass is 9.83. The normalized spacial score (nSPS) is 25.3. The molecule has 3 aliphatic rings. The highest BCUT2D eigenvalue weighted by molar-refractivity contribution is 5.91. The van der Waals surface area contributed by atoms with Crippen molar-refractivity contribution < 1.29 is 9.53 Å². The van der Waals surface area contributed by atoms with Crippen LogP contribution in [0.15, 0.2) is 24.3 Å². The lowest BCUT2D eigenvalue weighted by molar-refractivity contribution is -0.140. The zero-order valence-electron chi connectivity index (χ0n) is 16.3. The van der Waals surface area contributed by atoms with Crippen LogP contribution in [0.5, 0.6) is 5.75 Å². The first-order chi connectivity index (χ1) is 12.5. The Morgan fingerprint density at radius 2 is 1.62 bits per heavy atom. The highest BCUT2D eigenvalue weighted by Crippen LogP contribution is 2.50. The lowest BCUT2D eigenvalue weighted by Gasteiger charge is -2.53. The van der Waals surface area contributed by atoms with Crippen LogP contribution < -0.4 is 4.74 Å². The molecule has 0 radical (unpaired) electrons. The Morgan fingerprint density at radius 1 is 0.962 bits per heavy atom. The van der Waals surface area contributed by atoms with Gasteiger partial charge in [0.1, 0.15) is 5.75 Å². The van der Waals surface area contributed by atoms with Gasteiger partial charge in [-0.15, -0.1) is 0 Å². The third kappa shape index (κ3) is 2.91. The molecule has 4 rings (SSSR count). The molecular weight excluding hydrogens is 326 g/mol. The van der Waals surface area contributed by atoms with Gasteiger partial charge in [0, 0.05) is 25.2 Å². The summed E-state index contributed by atoms with van der Waals surface area (Å²) < 4.78 is 5.27. The number of nitrogens with zero attached hydrogens (tertiary/aromatic N) is 3. The number of amides is 1. The summed E-state index contributed by atoms with van der Waals surface area (Å²) in [4.78, 5) is 20.6. The van der Waals surface area contributed by atoms with E-state index >= 15 is 0 Å². The van der Waals surface area contributed by atoms with Gasteiger partial charge in [-0.1, -0.05) is 12.1 Å². The number of carbonyl (C=O) groups is 1. The average molecular weight is 357 g/mol. The van der Waals surface area contributed by atoms with Crippen LogP contribution in [0.4, 0.5) is 0 Å². The van der Waals surface area contributed by atoms with Crippen LogP contribution in [0.1, 0.15) is 31.2 Å². The average Bonchev–Trinajstić information content (AvgIpc) is 3.48. The molecule has 142 valence electrons. The van der Waals surface area contributed by atoms with Crippen molar-refractivity contribution in [3.8, 4) is 5.75 Å². The second kappa shape index (κ2) is 6.54. The van der Waals surface area contributed by atoms with E-state index in [0.717, 1.165) is 69.7 Å². The summed E-state index contributed by atoms with van der Waals surface area (Å²) in [7, 11) is 6.11. The fraction of sp³-hybridized carbons (Fsp3) is 0.667. The molecule has 1 spiro atoms. The number of likely N-dealkylation sites (tertiary alicyclic amines) is 1. The van der Waals surface area contributed by atoms with Gasteiger partial charge in [0.25, 0.3) is 0 Å². The van der Waals surface area contributed by atoms with Crippen LogP contribution >= 0.6 is 0 Å². The van der Waals surface area contributed by atoms with Gasteiger partial charge >= 0.3 is 0 Å². The minimum Gasteiger partial charge on any atom is -0.497 e. The Bertz CT molecular complexity index is 660. The zero-order chi connectivity index (χ0) is 18.4. The van der Waals surface area contributed by atoms with E-state index < -0.39 is 0 Å². The van der Waals surface area contributed by atoms with Crippen LogP contribution in [0.25, 0.3) is 0 Å². The predicted octanol–water partition coefficient (Wildman–Crippen LogP) is 1.97. The monoisotopic (exact) mass is 357 g/mol. The number of piperazine rings is 1. The Hall–Kier alpha value is -1.59. The Morgan fingerprint density at radius 3 is 2.19 bits per heavy atom. The van der Waals surface area contributed by atoms with Crippen molar-refractivity contribution in [3.05, 3.63) is 29.8 Å². The Balaban J connectivity index is 1.52. The molecule has 0 N–H and O–H groups in total. The van der Waals surface area contributed by atoms with E-state index in [4.69, 9.17) is 4.74 Å². The second-order valence-corrected chi connectivity index (χ2v) is 8.49. The number of ether oxygens (including phenoxy) is 1. The zero-order valence-corrected chi connectivity index (χ0v) is 16.3. The van der Waals surface area contributed by atoms with Crippen molar-refractivity contribution in [2.24, 2.45) is 0 Å². The van der Waals surface area contributed by atoms with Crippen LogP contribution in [0.2, 0.25) is 0 Å². The third-order valence-electron chi connectivity index (χ3n) is 7.01. The van der Waals surface area contributed by atoms with Gasteiger partial charge in [0.2, 0.25) is 5.91 Å². The molecule has 1 saturated carbocycles. The van der Waals surface area contributed by atoms with Crippen molar-refractivity contribution in [1.82, 2.24) is 14.7 Å². The number of likely N-dealkylation sites (N-methyl/N-ethyl adjacent to an activating group) is 1. The maximum Gasteiger partial charge on any atom is 0.233 e. The minimum absolute atomic E-state index is 0.163. The van der Waals surface area contributed by atoms with Crippen molar-refractivity contribution in [2.45, 2.75) is 36.6 Å². The molecule has 2 heterocycles. The smallest absolute Gasteiger partial charge is 0.233 e. The van der Waals surface area contributed by atoms with Gasteiger partial charge in [-0.25, -0.2) is 0 Å². The van der Waals surface area contributed by atoms with Gasteiger partial charge in [-0.2, -0.15) is 0 Å². The van der Waals surface area contributed by atoms with E-state index in [0.29, 0.717) is 5.91 Å². The lowest BCUT2D eigenvalue weighted by Crippen LogP contribution is -2.65. The van der Waals surface area contributed by atoms with E-state index in [2.05, 4.69) is 40.9 Å². The van der Waals surface area contributed by atoms with Gasteiger partial charge in [-0.05, 0) is 70.6 Å². The van der Waals surface area contributed by atoms with Crippen molar-refractivity contribution in [2.75, 3.05) is 53.9 Å². The fourth-order valence-electron chi connectivity index (χ4n) is 4.77. The SMILES string of the molecule is COc1ccc(C2(C(=O)N3CCN(C)C4(CCN(C)CC4)C3)CC2)cc1. The standard InChI is InChI=1S/C21H31N3O2/c1-22-12-10-20(11-13-22)16-24(15-14-23(20)2)19(25)21(8-9-21)17-4-6-18(26-3)7-5-17/h4-7H,8-16H2,1-3H3. The quantitative estimate of drug-likeness (QED) is 0.829. The molecule has 1 amide bonds. The first-order valence-electron chi connectivity index (χ1n) is 9.83. The maximum absolute atomic E-state index is 13.5. The topological polar surface area (TPSA) is 36.0 Å². The first-order valence-corrected chi connectivity index (χ1v) is 9.83. The first kappa shape index (κ1) is 17.8. The second-order valence-electron chi connectivity index (χ2n) is 8.49. The summed E-state index contributed by atoms with van der Waals surface area (Å²) in [6, 6.07) is 8.10. The Labute approximate surface area is 156 Å². The molecule has 3 fully saturated rings. The fourth-order valence-corrected chi connectivity index (χ4v) is 4.77. The summed E-state index contributed by atoms with van der Waals surface area (Å²) in [5.41, 5.74) is 1.03. The van der Waals surface area contributed by atoms with Crippen LogP contribution in [0.3, 0.4) is 0 Å². The Kier molecular flexibility index (Phi) is 4.48. The van der Waals surface area contributed by atoms with Gasteiger partial charge in [-0.3, -0.25) is 9.69 Å². The number of carbonyl (C=O) groups excluding carboxylic acids is 1. The molecule has 1 aliphatic carbocycles. The van der Waals surface area contributed by atoms with Crippen molar-refractivity contribution >= 4 is 5.91 Å². The van der Waals surface area contributed by atoms with E-state index in [1.165, 1.54) is 0 Å². The van der Waals surface area contributed by atoms with Gasteiger partial charge in [0.15, 0.2) is 0 Å². The molecule has 1 aromatic carbocycles. The minimum atomic E-state index is -0.283. The number of piperidine rings is 1. The molecule has 0 unspecified atom stereocenters. The number of benzene rings is 1. The number of hydrogen-bond donors (Lipinski definition) is 0. The summed E-state index contributed by atoms with van der Waals surface area (Å²) in [6.07, 6.45) is 4.25. The summed E-state index contributed by atoms with van der Waals surface area (Å²) in [5, 5.41) is 0. The number of methoxy groups -OCH3 is 1. The van der Waals surface area contributed by atoms with Crippen LogP contribution in [-0.2, 0) is 10.2 Å². The molecule has 2 aliphatic heterocycles. The predicted molar refractivity (Wildman–Crippen MR) is 103 cm³/mol. The molecule has 0 atom stereocenters. The number of hydrogen-bond acceptors (Lipinski definition) is 4. The van der Waals surface area contributed by atoms with Crippen molar-refractivity contribution in [1.29, 1.82) is 0 Å². The van der Waals surface area contributed by atoms with E-state index in [1.807, 2.05) is 12.1 Å². The van der Waals surface area contributed by atoms with Gasteiger partial charge in [0.05, 0.1) is 12.5 Å². The molecule has 1 aromatic rings. The highest BCUT2D eigenvalue weighted by Gasteiger charge is 2.55. The largest absolute Gasteiger partial charge is 0.497 e. The van der Waals surface area contributed by atoms with E-state index in [1.54, 1.807) is 7.11 Å². The molecule has 2 saturated heterocycles. The summed E-state index contributed by atoms with van der Waals surface area (Å²) in [6.45, 7) is 4.96. The molecule has 5 nitrogen and oxygen atoms in total. The summed E-state index contributed by atoms with van der Waals surface area (Å²) >= 11 is 0. The highest BCUT2D eigenvalue weighted by atomic mass is 16.5. The van der Waals surface area contributed by atoms with Gasteiger partial charge < -0.3 is 14.5 Å². The van der Waals surface area contributed by atoms with E-state index in [-0.39, 0.29) is 11.0 Å². The third-order valence-corrected chi connectivity index (χ3v) is 7.01. The van der Waals surface area contributed by atoms with Crippen molar-refractivity contribution in [3.63, 3.8) is 0 Å². The molecule has 0 aromatic heterocycles. The van der Waals surface area contributed by atoms with Crippen LogP contribution in [0, 0.1) is 0 Å². The number of rotatable bonds is 3. The molecule has 26 heavy (non-hydrogen) atoms. The van der Waals surface area contributed by atoms with E-state index in [9.17, 15) is 4.79 Å². The molecule has 5 heteroatoms.